The first-order valence-corrected chi connectivity index (χ1v) is 8.07. The number of nitrogens with two attached hydrogens (primary N) is 1. The number of anilines is 2. The van der Waals surface area contributed by atoms with Crippen LogP contribution in [-0.4, -0.2) is 63.3 Å². The molecule has 0 bridgehead atoms. The van der Waals surface area contributed by atoms with Crippen LogP contribution in [0.3, 0.4) is 0 Å². The Morgan fingerprint density at radius 3 is 2.88 bits per heavy atom. The number of carbonyl (C=O) groups is 1. The Morgan fingerprint density at radius 2 is 2.12 bits per heavy atom. The summed E-state index contributed by atoms with van der Waals surface area (Å²) < 4.78 is 0. The first-order chi connectivity index (χ1) is 12.0. The van der Waals surface area contributed by atoms with E-state index >= 15 is 0 Å². The van der Waals surface area contributed by atoms with Gasteiger partial charge < -0.3 is 20.8 Å². The van der Waals surface area contributed by atoms with Gasteiger partial charge in [0.05, 0.1) is 11.7 Å². The Morgan fingerprint density at radius 1 is 1.28 bits per heavy atom. The van der Waals surface area contributed by atoms with Crippen molar-refractivity contribution in [3.05, 3.63) is 47.7 Å². The van der Waals surface area contributed by atoms with Crippen LogP contribution in [0.25, 0.3) is 0 Å². The fourth-order valence-electron chi connectivity index (χ4n) is 2.96. The first-order valence-electron chi connectivity index (χ1n) is 8.07. The quantitative estimate of drug-likeness (QED) is 0.732. The molecule has 3 rings (SSSR count). The Balaban J connectivity index is 1.69. The number of nitrogen functional groups attached to an aromatic ring is 1. The molecule has 2 heterocycles. The number of hydrogen-bond donors (Lipinski definition) is 3. The maximum Gasteiger partial charge on any atom is 0.335 e. The third kappa shape index (κ3) is 4.43. The summed E-state index contributed by atoms with van der Waals surface area (Å²) in [7, 11) is 0. The molecule has 1 saturated heterocycles. The van der Waals surface area contributed by atoms with E-state index in [1.807, 2.05) is 11.0 Å². The molecule has 1 aliphatic rings. The van der Waals surface area contributed by atoms with Gasteiger partial charge in [-0.05, 0) is 23.8 Å². The van der Waals surface area contributed by atoms with Gasteiger partial charge in [-0.1, -0.05) is 12.1 Å². The average molecular weight is 343 g/mol. The van der Waals surface area contributed by atoms with Crippen LogP contribution in [0, 0.1) is 0 Å². The minimum Gasteiger partial charge on any atom is -0.478 e. The molecule has 4 N–H and O–H groups in total. The molecule has 0 saturated carbocycles. The molecule has 0 radical (unpaired) electrons. The summed E-state index contributed by atoms with van der Waals surface area (Å²) in [5.41, 5.74) is 6.88. The number of carboxylic acid groups (broad SMARTS) is 1. The second kappa shape index (κ2) is 7.45. The lowest BCUT2D eigenvalue weighted by Gasteiger charge is -2.21. The molecule has 8 nitrogen and oxygen atoms in total. The predicted octanol–water partition coefficient (Wildman–Crippen LogP) is 0.440. The van der Waals surface area contributed by atoms with Crippen molar-refractivity contribution >= 4 is 17.7 Å². The zero-order chi connectivity index (χ0) is 17.8. The lowest BCUT2D eigenvalue weighted by molar-refractivity contribution is 0.0696. The molecule has 1 aromatic carbocycles. The molecule has 1 fully saturated rings. The van der Waals surface area contributed by atoms with E-state index in [1.165, 1.54) is 0 Å². The van der Waals surface area contributed by atoms with Gasteiger partial charge in [0, 0.05) is 38.9 Å². The minimum absolute atomic E-state index is 0.266. The molecule has 1 atom stereocenters. The number of aliphatic hydroxyl groups is 1. The maximum atomic E-state index is 11.1. The number of rotatable bonds is 4. The van der Waals surface area contributed by atoms with Crippen LogP contribution < -0.4 is 10.6 Å². The largest absolute Gasteiger partial charge is 0.478 e. The number of β-amino-alcohol motifs (C(OH)–C–C–N with tert-alkyl or cyclic N) is 1. The summed E-state index contributed by atoms with van der Waals surface area (Å²) >= 11 is 0. The van der Waals surface area contributed by atoms with Crippen molar-refractivity contribution in [2.45, 2.75) is 12.6 Å². The molecule has 8 heteroatoms. The van der Waals surface area contributed by atoms with E-state index in [-0.39, 0.29) is 5.56 Å². The van der Waals surface area contributed by atoms with Crippen LogP contribution in [0.15, 0.2) is 36.5 Å². The highest BCUT2D eigenvalue weighted by atomic mass is 16.4. The van der Waals surface area contributed by atoms with Crippen LogP contribution >= 0.6 is 0 Å². The molecule has 0 spiro atoms. The average Bonchev–Trinajstić information content (AvgIpc) is 2.76. The fourth-order valence-corrected chi connectivity index (χ4v) is 2.96. The monoisotopic (exact) mass is 343 g/mol. The number of carboxylic acids is 1. The summed E-state index contributed by atoms with van der Waals surface area (Å²) in [5, 5.41) is 19.4. The van der Waals surface area contributed by atoms with Gasteiger partial charge in [-0.3, -0.25) is 4.90 Å². The second-order valence-corrected chi connectivity index (χ2v) is 6.12. The van der Waals surface area contributed by atoms with E-state index in [4.69, 9.17) is 10.8 Å². The van der Waals surface area contributed by atoms with Crippen molar-refractivity contribution in [3.8, 4) is 0 Å². The molecule has 2 aromatic rings. The number of aliphatic hydroxyl groups excluding tert-OH is 1. The second-order valence-electron chi connectivity index (χ2n) is 6.12. The Labute approximate surface area is 145 Å². The number of aromatic carboxylic acids is 1. The summed E-state index contributed by atoms with van der Waals surface area (Å²) in [6, 6.07) is 8.49. The van der Waals surface area contributed by atoms with E-state index in [2.05, 4.69) is 14.9 Å². The summed E-state index contributed by atoms with van der Waals surface area (Å²) in [5.74, 6) is -0.0393. The van der Waals surface area contributed by atoms with Crippen molar-refractivity contribution in [2.24, 2.45) is 0 Å². The Bertz CT molecular complexity index is 755. The van der Waals surface area contributed by atoms with Crippen molar-refractivity contribution in [3.63, 3.8) is 0 Å². The standard InChI is InChI=1S/C17H21N5O3/c18-15-4-5-19-17(20-15)22-7-6-21(10-14(23)11-22)9-12-2-1-3-13(8-12)16(24)25/h1-5,8,14,23H,6-7,9-11H2,(H,24,25)(H2,18,19,20)/t14-/m1/s1. The van der Waals surface area contributed by atoms with Crippen LogP contribution in [0.2, 0.25) is 0 Å². The van der Waals surface area contributed by atoms with Gasteiger partial charge in [-0.2, -0.15) is 4.98 Å². The van der Waals surface area contributed by atoms with E-state index < -0.39 is 12.1 Å². The van der Waals surface area contributed by atoms with Crippen molar-refractivity contribution in [1.82, 2.24) is 14.9 Å². The van der Waals surface area contributed by atoms with E-state index in [0.29, 0.717) is 44.5 Å². The molecule has 132 valence electrons. The molecule has 0 amide bonds. The third-order valence-corrected chi connectivity index (χ3v) is 4.11. The van der Waals surface area contributed by atoms with Crippen molar-refractivity contribution < 1.29 is 15.0 Å². The molecule has 1 aromatic heterocycles. The molecule has 0 aliphatic carbocycles. The Kier molecular flexibility index (Phi) is 5.11. The lowest BCUT2D eigenvalue weighted by atomic mass is 10.1. The van der Waals surface area contributed by atoms with Gasteiger partial charge in [-0.15, -0.1) is 0 Å². The zero-order valence-electron chi connectivity index (χ0n) is 13.7. The van der Waals surface area contributed by atoms with Crippen LogP contribution in [0.4, 0.5) is 11.8 Å². The van der Waals surface area contributed by atoms with E-state index in [0.717, 1.165) is 5.56 Å². The summed E-state index contributed by atoms with van der Waals surface area (Å²) in [6.45, 7) is 2.85. The first kappa shape index (κ1) is 17.1. The highest BCUT2D eigenvalue weighted by Gasteiger charge is 2.23. The number of hydrogen-bond acceptors (Lipinski definition) is 7. The zero-order valence-corrected chi connectivity index (χ0v) is 13.7. The van der Waals surface area contributed by atoms with Gasteiger partial charge in [-0.25, -0.2) is 9.78 Å². The van der Waals surface area contributed by atoms with Gasteiger partial charge in [0.1, 0.15) is 5.82 Å². The summed E-state index contributed by atoms with van der Waals surface area (Å²) in [6.07, 6.45) is 1.04. The van der Waals surface area contributed by atoms with Crippen LogP contribution in [0.5, 0.6) is 0 Å². The van der Waals surface area contributed by atoms with Gasteiger partial charge in [0.25, 0.3) is 0 Å². The molecule has 0 unspecified atom stereocenters. The summed E-state index contributed by atoms with van der Waals surface area (Å²) in [4.78, 5) is 23.5. The van der Waals surface area contributed by atoms with Gasteiger partial charge in [0.15, 0.2) is 0 Å². The number of nitrogens with zero attached hydrogens (tertiary/aromatic N) is 4. The highest BCUT2D eigenvalue weighted by molar-refractivity contribution is 5.87. The maximum absolute atomic E-state index is 11.1. The fraction of sp³-hybridized carbons (Fsp3) is 0.353. The molecule has 25 heavy (non-hydrogen) atoms. The molecular formula is C17H21N5O3. The molecule has 1 aliphatic heterocycles. The predicted molar refractivity (Wildman–Crippen MR) is 93.3 cm³/mol. The minimum atomic E-state index is -0.942. The molecular weight excluding hydrogens is 322 g/mol. The SMILES string of the molecule is Nc1ccnc(N2CCN(Cc3cccc(C(=O)O)c3)C[C@@H](O)C2)n1. The topological polar surface area (TPSA) is 116 Å². The van der Waals surface area contributed by atoms with Crippen LogP contribution in [-0.2, 0) is 6.54 Å². The Hall–Kier alpha value is -2.71. The normalized spacial score (nSPS) is 18.8. The number of aromatic nitrogens is 2. The van der Waals surface area contributed by atoms with Crippen molar-refractivity contribution in [1.29, 1.82) is 0 Å². The third-order valence-electron chi connectivity index (χ3n) is 4.11. The number of benzene rings is 1. The lowest BCUT2D eigenvalue weighted by Crippen LogP contribution is -2.34. The highest BCUT2D eigenvalue weighted by Crippen LogP contribution is 2.15. The smallest absolute Gasteiger partial charge is 0.335 e. The van der Waals surface area contributed by atoms with E-state index in [9.17, 15) is 9.90 Å². The van der Waals surface area contributed by atoms with Crippen LogP contribution in [0.1, 0.15) is 15.9 Å². The van der Waals surface area contributed by atoms with Crippen molar-refractivity contribution in [2.75, 3.05) is 36.8 Å². The van der Waals surface area contributed by atoms with Gasteiger partial charge >= 0.3 is 5.97 Å². The van der Waals surface area contributed by atoms with E-state index in [1.54, 1.807) is 30.5 Å². The van der Waals surface area contributed by atoms with Gasteiger partial charge in [0.2, 0.25) is 5.95 Å².